The molecule has 0 radical (unpaired) electrons. The highest BCUT2D eigenvalue weighted by molar-refractivity contribution is 8.00. The fourth-order valence-corrected chi connectivity index (χ4v) is 4.47. The predicted molar refractivity (Wildman–Crippen MR) is 116 cm³/mol. The summed E-state index contributed by atoms with van der Waals surface area (Å²) in [7, 11) is 0. The molecule has 0 aliphatic heterocycles. The number of nitro benzene ring substituents is 1. The van der Waals surface area contributed by atoms with Crippen molar-refractivity contribution < 1.29 is 9.72 Å². The lowest BCUT2D eigenvalue weighted by Crippen LogP contribution is -2.28. The second-order valence-corrected chi connectivity index (χ2v) is 8.00. The molecule has 10 heteroatoms. The first-order valence-electron chi connectivity index (χ1n) is 9.70. The number of hydrogen-bond donors (Lipinski definition) is 1. The van der Waals surface area contributed by atoms with Crippen LogP contribution in [0, 0.1) is 10.1 Å². The van der Waals surface area contributed by atoms with Gasteiger partial charge in [0, 0.05) is 29.7 Å². The molecule has 0 saturated heterocycles. The van der Waals surface area contributed by atoms with Crippen molar-refractivity contribution in [3.8, 4) is 0 Å². The third-order valence-electron chi connectivity index (χ3n) is 5.01. The number of anilines is 1. The Kier molecular flexibility index (Phi) is 6.08. The molecule has 4 rings (SSSR count). The largest absolute Gasteiger partial charge is 0.349 e. The third-order valence-corrected chi connectivity index (χ3v) is 6.02. The topological polar surface area (TPSA) is 120 Å². The Bertz CT molecular complexity index is 1200. The summed E-state index contributed by atoms with van der Waals surface area (Å²) in [6.45, 7) is 0.430. The van der Waals surface area contributed by atoms with E-state index in [0.717, 1.165) is 36.1 Å². The smallest absolute Gasteiger partial charge is 0.320 e. The summed E-state index contributed by atoms with van der Waals surface area (Å²) in [6.07, 6.45) is 5.88. The molecular formula is C21H19N5O4S. The highest BCUT2D eigenvalue weighted by Crippen LogP contribution is 2.30. The number of hydrogen-bond acceptors (Lipinski definition) is 7. The second-order valence-electron chi connectivity index (χ2n) is 7.03. The zero-order valence-electron chi connectivity index (χ0n) is 16.5. The molecule has 0 saturated carbocycles. The molecule has 2 heterocycles. The number of para-hydroxylation sites is 2. The molecule has 0 spiro atoms. The van der Waals surface area contributed by atoms with E-state index in [9.17, 15) is 19.7 Å². The predicted octanol–water partition coefficient (Wildman–Crippen LogP) is 2.81. The Balaban J connectivity index is 1.50. The van der Waals surface area contributed by atoms with Gasteiger partial charge < -0.3 is 5.32 Å². The van der Waals surface area contributed by atoms with Gasteiger partial charge in [0.15, 0.2) is 0 Å². The van der Waals surface area contributed by atoms with Gasteiger partial charge in [-0.3, -0.25) is 24.5 Å². The van der Waals surface area contributed by atoms with Crippen LogP contribution in [0.15, 0.2) is 58.6 Å². The number of pyridine rings is 1. The summed E-state index contributed by atoms with van der Waals surface area (Å²) in [6, 6.07) is 9.70. The zero-order valence-corrected chi connectivity index (χ0v) is 17.3. The number of nitrogens with zero attached hydrogens (tertiary/aromatic N) is 4. The number of fused-ring (bicyclic) bond motifs is 1. The van der Waals surface area contributed by atoms with Gasteiger partial charge in [-0.05, 0) is 43.0 Å². The van der Waals surface area contributed by atoms with Gasteiger partial charge in [0.05, 0.1) is 17.2 Å². The summed E-state index contributed by atoms with van der Waals surface area (Å²) < 4.78 is 1.69. The first kappa shape index (κ1) is 20.7. The van der Waals surface area contributed by atoms with E-state index in [2.05, 4.69) is 15.3 Å². The molecule has 1 N–H and O–H groups in total. The fraction of sp³-hybridized carbons (Fsp3) is 0.238. The molecule has 3 aromatic rings. The number of carbonyl (C=O) groups excluding carboxylic acids is 1. The SMILES string of the molecule is O=C(CSc1nc(=O)n(Cc2ccncc2)c2c1CCC2)Nc1ccccc1[N+](=O)[O-]. The maximum absolute atomic E-state index is 12.7. The van der Waals surface area contributed by atoms with Crippen LogP contribution < -0.4 is 11.0 Å². The van der Waals surface area contributed by atoms with Gasteiger partial charge in [-0.1, -0.05) is 23.9 Å². The molecule has 1 amide bonds. The van der Waals surface area contributed by atoms with E-state index in [1.54, 1.807) is 23.0 Å². The van der Waals surface area contributed by atoms with Crippen molar-refractivity contribution in [2.45, 2.75) is 30.8 Å². The molecule has 0 atom stereocenters. The highest BCUT2D eigenvalue weighted by atomic mass is 32.2. The minimum atomic E-state index is -0.542. The number of nitrogens with one attached hydrogen (secondary N) is 1. The van der Waals surface area contributed by atoms with Crippen molar-refractivity contribution in [1.82, 2.24) is 14.5 Å². The van der Waals surface area contributed by atoms with Crippen molar-refractivity contribution in [3.05, 3.63) is 86.2 Å². The molecule has 9 nitrogen and oxygen atoms in total. The molecule has 1 aromatic carbocycles. The lowest BCUT2D eigenvalue weighted by Gasteiger charge is -2.14. The van der Waals surface area contributed by atoms with Gasteiger partial charge in [-0.2, -0.15) is 4.98 Å². The third kappa shape index (κ3) is 4.64. The van der Waals surface area contributed by atoms with Crippen LogP contribution in [0.4, 0.5) is 11.4 Å². The lowest BCUT2D eigenvalue weighted by molar-refractivity contribution is -0.383. The summed E-state index contributed by atoms with van der Waals surface area (Å²) in [5, 5.41) is 14.2. The van der Waals surface area contributed by atoms with Crippen molar-refractivity contribution in [2.24, 2.45) is 0 Å². The van der Waals surface area contributed by atoms with Gasteiger partial charge in [-0.25, -0.2) is 4.79 Å². The van der Waals surface area contributed by atoms with Crippen molar-refractivity contribution in [1.29, 1.82) is 0 Å². The maximum Gasteiger partial charge on any atom is 0.349 e. The summed E-state index contributed by atoms with van der Waals surface area (Å²) in [5.74, 6) is -0.395. The van der Waals surface area contributed by atoms with E-state index in [0.29, 0.717) is 11.6 Å². The van der Waals surface area contributed by atoms with E-state index >= 15 is 0 Å². The van der Waals surface area contributed by atoms with Gasteiger partial charge >= 0.3 is 5.69 Å². The minimum Gasteiger partial charge on any atom is -0.320 e. The molecule has 0 unspecified atom stereocenters. The second kappa shape index (κ2) is 9.09. The van der Waals surface area contributed by atoms with E-state index in [1.807, 2.05) is 12.1 Å². The minimum absolute atomic E-state index is 0.000698. The molecule has 1 aliphatic carbocycles. The fourth-order valence-electron chi connectivity index (χ4n) is 3.60. The van der Waals surface area contributed by atoms with Crippen LogP contribution in [0.3, 0.4) is 0 Å². The van der Waals surface area contributed by atoms with Gasteiger partial charge in [-0.15, -0.1) is 0 Å². The van der Waals surface area contributed by atoms with Crippen molar-refractivity contribution >= 4 is 29.0 Å². The molecule has 158 valence electrons. The molecule has 0 fully saturated rings. The highest BCUT2D eigenvalue weighted by Gasteiger charge is 2.23. The lowest BCUT2D eigenvalue weighted by atomic mass is 10.2. The number of thioether (sulfide) groups is 1. The number of benzene rings is 1. The average molecular weight is 437 g/mol. The molecule has 2 aromatic heterocycles. The Morgan fingerprint density at radius 1 is 1.19 bits per heavy atom. The number of nitro groups is 1. The van der Waals surface area contributed by atoms with Crippen LogP contribution in [0.25, 0.3) is 0 Å². The van der Waals surface area contributed by atoms with E-state index in [1.165, 1.54) is 30.0 Å². The Morgan fingerprint density at radius 2 is 1.97 bits per heavy atom. The maximum atomic E-state index is 12.7. The summed E-state index contributed by atoms with van der Waals surface area (Å²) >= 11 is 1.18. The monoisotopic (exact) mass is 437 g/mol. The first-order valence-corrected chi connectivity index (χ1v) is 10.7. The molecule has 0 bridgehead atoms. The zero-order chi connectivity index (χ0) is 21.8. The van der Waals surface area contributed by atoms with Crippen LogP contribution in [-0.4, -0.2) is 31.1 Å². The number of rotatable bonds is 7. The summed E-state index contributed by atoms with van der Waals surface area (Å²) in [5.41, 5.74) is 2.55. The number of amides is 1. The van der Waals surface area contributed by atoms with Gasteiger partial charge in [0.2, 0.25) is 5.91 Å². The van der Waals surface area contributed by atoms with Gasteiger partial charge in [0.25, 0.3) is 5.69 Å². The van der Waals surface area contributed by atoms with Crippen molar-refractivity contribution in [3.63, 3.8) is 0 Å². The average Bonchev–Trinajstić information content (AvgIpc) is 3.25. The van der Waals surface area contributed by atoms with Crippen LogP contribution in [0.5, 0.6) is 0 Å². The van der Waals surface area contributed by atoms with Crippen LogP contribution in [0.1, 0.15) is 23.2 Å². The molecule has 1 aliphatic rings. The Morgan fingerprint density at radius 3 is 2.74 bits per heavy atom. The quantitative estimate of drug-likeness (QED) is 0.261. The molecular weight excluding hydrogens is 418 g/mol. The van der Waals surface area contributed by atoms with E-state index < -0.39 is 10.8 Å². The van der Waals surface area contributed by atoms with Crippen LogP contribution in [-0.2, 0) is 24.2 Å². The van der Waals surface area contributed by atoms with E-state index in [4.69, 9.17) is 0 Å². The van der Waals surface area contributed by atoms with Gasteiger partial charge in [0.1, 0.15) is 10.7 Å². The first-order chi connectivity index (χ1) is 15.0. The Labute approximate surface area is 181 Å². The summed E-state index contributed by atoms with van der Waals surface area (Å²) in [4.78, 5) is 43.9. The van der Waals surface area contributed by atoms with Crippen LogP contribution in [0.2, 0.25) is 0 Å². The molecule has 31 heavy (non-hydrogen) atoms. The number of carbonyl (C=O) groups is 1. The van der Waals surface area contributed by atoms with Crippen molar-refractivity contribution in [2.75, 3.05) is 11.1 Å². The standard InChI is InChI=1S/C21H19N5O4S/c27-19(23-16-5-1-2-6-18(16)26(29)30)13-31-20-15-4-3-7-17(15)25(21(28)24-20)12-14-8-10-22-11-9-14/h1-2,5-6,8-11H,3-4,7,12-13H2,(H,23,27). The van der Waals surface area contributed by atoms with Crippen LogP contribution >= 0.6 is 11.8 Å². The van der Waals surface area contributed by atoms with E-state index in [-0.39, 0.29) is 22.8 Å². The Hall–Kier alpha value is -3.53. The number of aromatic nitrogens is 3. The normalized spacial score (nSPS) is 12.4.